The van der Waals surface area contributed by atoms with Crippen LogP contribution in [0.5, 0.6) is 11.6 Å². The number of rotatable bonds is 3. The fraction of sp³-hybridized carbons (Fsp3) is 0.706. The lowest BCUT2D eigenvalue weighted by molar-refractivity contribution is -0.00794. The third-order valence-electron chi connectivity index (χ3n) is 4.50. The van der Waals surface area contributed by atoms with E-state index in [1.807, 2.05) is 25.7 Å². The molecule has 0 N–H and O–H groups in total. The first-order valence-corrected chi connectivity index (χ1v) is 8.88. The summed E-state index contributed by atoms with van der Waals surface area (Å²) in [6.45, 7) is 5.65. The Bertz CT molecular complexity index is 635. The summed E-state index contributed by atoms with van der Waals surface area (Å²) in [5.41, 5.74) is -0.491. The fourth-order valence-electron chi connectivity index (χ4n) is 3.59. The number of nitrogens with zero attached hydrogens (tertiary/aromatic N) is 3. The molecule has 3 atom stereocenters. The van der Waals surface area contributed by atoms with Crippen LogP contribution >= 0.6 is 11.6 Å². The van der Waals surface area contributed by atoms with Gasteiger partial charge in [-0.2, -0.15) is 4.98 Å². The number of hydrogen-bond donors (Lipinski definition) is 0. The quantitative estimate of drug-likeness (QED) is 0.760. The molecule has 0 spiro atoms. The van der Waals surface area contributed by atoms with Gasteiger partial charge in [-0.3, -0.25) is 0 Å². The second-order valence-corrected chi connectivity index (χ2v) is 7.84. The van der Waals surface area contributed by atoms with Crippen LogP contribution in [-0.4, -0.2) is 51.9 Å². The van der Waals surface area contributed by atoms with E-state index in [1.54, 1.807) is 0 Å². The van der Waals surface area contributed by atoms with Crippen molar-refractivity contribution in [3.8, 4) is 11.6 Å². The van der Waals surface area contributed by atoms with Crippen molar-refractivity contribution in [1.29, 1.82) is 0 Å². The number of amides is 1. The topological polar surface area (TPSA) is 73.8 Å². The van der Waals surface area contributed by atoms with E-state index < -0.39 is 5.60 Å². The predicted octanol–water partition coefficient (Wildman–Crippen LogP) is 3.45. The van der Waals surface area contributed by atoms with Crippen molar-refractivity contribution in [1.82, 2.24) is 14.9 Å². The minimum absolute atomic E-state index is 0.0453. The Morgan fingerprint density at radius 2 is 1.88 bits per heavy atom. The van der Waals surface area contributed by atoms with Crippen LogP contribution < -0.4 is 9.47 Å². The average molecular weight is 370 g/mol. The van der Waals surface area contributed by atoms with Crippen LogP contribution in [0, 0.1) is 0 Å². The van der Waals surface area contributed by atoms with Gasteiger partial charge in [0.15, 0.2) is 5.15 Å². The summed E-state index contributed by atoms with van der Waals surface area (Å²) in [7, 11) is 1.51. The molecule has 2 fully saturated rings. The zero-order chi connectivity index (χ0) is 18.2. The number of ether oxygens (including phenoxy) is 3. The molecule has 0 radical (unpaired) electrons. The van der Waals surface area contributed by atoms with Crippen LogP contribution in [0.2, 0.25) is 5.15 Å². The molecule has 0 aliphatic carbocycles. The summed E-state index contributed by atoms with van der Waals surface area (Å²) < 4.78 is 16.8. The molecule has 2 aliphatic heterocycles. The van der Waals surface area contributed by atoms with E-state index in [4.69, 9.17) is 25.8 Å². The molecule has 0 saturated carbocycles. The maximum absolute atomic E-state index is 12.5. The minimum Gasteiger partial charge on any atom is -0.489 e. The summed E-state index contributed by atoms with van der Waals surface area (Å²) in [6.07, 6.45) is 4.47. The van der Waals surface area contributed by atoms with Crippen molar-refractivity contribution < 1.29 is 19.0 Å². The van der Waals surface area contributed by atoms with Gasteiger partial charge in [-0.15, -0.1) is 0 Å². The van der Waals surface area contributed by atoms with E-state index >= 15 is 0 Å². The highest BCUT2D eigenvalue weighted by Crippen LogP contribution is 2.39. The highest BCUT2D eigenvalue weighted by molar-refractivity contribution is 6.31. The van der Waals surface area contributed by atoms with E-state index in [-0.39, 0.29) is 29.4 Å². The lowest BCUT2D eigenvalue weighted by Crippen LogP contribution is -2.50. The number of carbonyl (C=O) groups is 1. The molecule has 138 valence electrons. The Morgan fingerprint density at radius 3 is 2.44 bits per heavy atom. The number of fused-ring (bicyclic) bond motifs is 2. The van der Waals surface area contributed by atoms with Gasteiger partial charge in [0, 0.05) is 24.9 Å². The normalized spacial score (nSPS) is 25.6. The van der Waals surface area contributed by atoms with Gasteiger partial charge in [-0.1, -0.05) is 11.6 Å². The van der Waals surface area contributed by atoms with Crippen molar-refractivity contribution >= 4 is 17.7 Å². The number of carbonyl (C=O) groups excluding carboxylic acids is 1. The average Bonchev–Trinajstić information content (AvgIpc) is 2.78. The predicted molar refractivity (Wildman–Crippen MR) is 92.1 cm³/mol. The molecular formula is C17H24ClN3O4. The van der Waals surface area contributed by atoms with Gasteiger partial charge in [-0.05, 0) is 33.6 Å². The van der Waals surface area contributed by atoms with Crippen LogP contribution in [0.25, 0.3) is 0 Å². The molecule has 1 aromatic rings. The number of hydrogen-bond acceptors (Lipinski definition) is 6. The molecule has 3 rings (SSSR count). The van der Waals surface area contributed by atoms with Crippen LogP contribution in [0.1, 0.15) is 46.5 Å². The molecule has 3 heterocycles. The van der Waals surface area contributed by atoms with Gasteiger partial charge >= 0.3 is 6.09 Å². The largest absolute Gasteiger partial charge is 0.489 e. The smallest absolute Gasteiger partial charge is 0.410 e. The molecule has 2 bridgehead atoms. The maximum Gasteiger partial charge on any atom is 0.410 e. The first-order valence-electron chi connectivity index (χ1n) is 8.51. The first kappa shape index (κ1) is 18.0. The van der Waals surface area contributed by atoms with Gasteiger partial charge in [-0.25, -0.2) is 9.78 Å². The standard InChI is InChI=1S/C17H24ClN3O4/c1-17(2,3)25-16(22)21-10-5-6-11(21)8-12(7-10)24-15-13(23-4)14(18)19-9-20-15/h9-12H,5-8H2,1-4H3/t10-,11?,12?/m0/s1. The van der Waals surface area contributed by atoms with Crippen LogP contribution in [0.15, 0.2) is 6.33 Å². The maximum atomic E-state index is 12.5. The molecule has 2 aliphatic rings. The van der Waals surface area contributed by atoms with E-state index in [9.17, 15) is 4.79 Å². The van der Waals surface area contributed by atoms with Gasteiger partial charge in [0.2, 0.25) is 5.75 Å². The summed E-state index contributed by atoms with van der Waals surface area (Å²) in [4.78, 5) is 22.4. The van der Waals surface area contributed by atoms with Gasteiger partial charge in [0.25, 0.3) is 5.88 Å². The van der Waals surface area contributed by atoms with Gasteiger partial charge in [0.05, 0.1) is 7.11 Å². The second-order valence-electron chi connectivity index (χ2n) is 7.49. The van der Waals surface area contributed by atoms with Crippen molar-refractivity contribution in [2.45, 2.75) is 70.2 Å². The van der Waals surface area contributed by atoms with Crippen LogP contribution in [-0.2, 0) is 4.74 Å². The summed E-state index contributed by atoms with van der Waals surface area (Å²) in [5, 5.41) is 0.224. The number of methoxy groups -OCH3 is 1. The summed E-state index contributed by atoms with van der Waals surface area (Å²) in [5.74, 6) is 0.684. The van der Waals surface area contributed by atoms with Crippen molar-refractivity contribution in [2.24, 2.45) is 0 Å². The summed E-state index contributed by atoms with van der Waals surface area (Å²) in [6, 6.07) is 0.254. The van der Waals surface area contributed by atoms with Crippen molar-refractivity contribution in [2.75, 3.05) is 7.11 Å². The van der Waals surface area contributed by atoms with Gasteiger partial charge in [0.1, 0.15) is 18.0 Å². The lowest BCUT2D eigenvalue weighted by atomic mass is 10.0. The van der Waals surface area contributed by atoms with E-state index in [0.29, 0.717) is 11.6 Å². The Morgan fingerprint density at radius 1 is 1.24 bits per heavy atom. The van der Waals surface area contributed by atoms with E-state index in [2.05, 4.69) is 9.97 Å². The Hall–Kier alpha value is -1.76. The molecule has 0 aromatic carbocycles. The zero-order valence-electron chi connectivity index (χ0n) is 15.0. The zero-order valence-corrected chi connectivity index (χ0v) is 15.7. The molecule has 7 nitrogen and oxygen atoms in total. The van der Waals surface area contributed by atoms with E-state index in [0.717, 1.165) is 25.7 Å². The highest BCUT2D eigenvalue weighted by Gasteiger charge is 2.45. The second kappa shape index (κ2) is 6.86. The first-order chi connectivity index (χ1) is 11.8. The molecule has 2 saturated heterocycles. The number of halogens is 1. The third-order valence-corrected chi connectivity index (χ3v) is 4.77. The van der Waals surface area contributed by atoms with Gasteiger partial charge < -0.3 is 19.1 Å². The molecule has 2 unspecified atom stereocenters. The van der Waals surface area contributed by atoms with E-state index in [1.165, 1.54) is 13.4 Å². The monoisotopic (exact) mass is 369 g/mol. The SMILES string of the molecule is COc1c(Cl)ncnc1OC1CC2CC[C@@H](C1)N2C(=O)OC(C)(C)C. The number of piperidine rings is 1. The lowest BCUT2D eigenvalue weighted by Gasteiger charge is -2.39. The Labute approximate surface area is 152 Å². The summed E-state index contributed by atoms with van der Waals surface area (Å²) >= 11 is 6.02. The van der Waals surface area contributed by atoms with Crippen molar-refractivity contribution in [3.63, 3.8) is 0 Å². The van der Waals surface area contributed by atoms with Crippen molar-refractivity contribution in [3.05, 3.63) is 11.5 Å². The molecule has 8 heteroatoms. The molecule has 1 amide bonds. The minimum atomic E-state index is -0.491. The molecule has 1 aromatic heterocycles. The van der Waals surface area contributed by atoms with Crippen LogP contribution in [0.4, 0.5) is 4.79 Å². The van der Waals surface area contributed by atoms with Crippen LogP contribution in [0.3, 0.4) is 0 Å². The highest BCUT2D eigenvalue weighted by atomic mass is 35.5. The number of aromatic nitrogens is 2. The Kier molecular flexibility index (Phi) is 4.95. The third kappa shape index (κ3) is 3.92. The fourth-order valence-corrected chi connectivity index (χ4v) is 3.79. The molecular weight excluding hydrogens is 346 g/mol. The Balaban J connectivity index is 1.68. The molecule has 25 heavy (non-hydrogen) atoms.